The Morgan fingerprint density at radius 3 is 2.24 bits per heavy atom. The van der Waals surface area contributed by atoms with Gasteiger partial charge in [0.05, 0.1) is 18.1 Å². The van der Waals surface area contributed by atoms with Crippen LogP contribution in [0.15, 0.2) is 24.3 Å². The third kappa shape index (κ3) is 6.32. The van der Waals surface area contributed by atoms with E-state index in [1.807, 2.05) is 4.90 Å². The molecule has 9 heteroatoms. The molecule has 2 aliphatic heterocycles. The molecule has 1 unspecified atom stereocenters. The number of hydrogen-bond donors (Lipinski definition) is 1. The number of piperidine rings is 1. The van der Waals surface area contributed by atoms with Crippen molar-refractivity contribution in [1.29, 1.82) is 0 Å². The van der Waals surface area contributed by atoms with Gasteiger partial charge in [0.25, 0.3) is 5.91 Å². The third-order valence-corrected chi connectivity index (χ3v) is 9.00. The summed E-state index contributed by atoms with van der Waals surface area (Å²) in [6.45, 7) is 1.69. The highest BCUT2D eigenvalue weighted by Gasteiger charge is 2.39. The fourth-order valence-corrected chi connectivity index (χ4v) is 7.15. The highest BCUT2D eigenvalue weighted by Crippen LogP contribution is 2.28. The second kappa shape index (κ2) is 10.5. The maximum absolute atomic E-state index is 13.4. The lowest BCUT2D eigenvalue weighted by Gasteiger charge is -2.40. The van der Waals surface area contributed by atoms with Crippen LogP contribution in [0, 0.1) is 5.82 Å². The van der Waals surface area contributed by atoms with Crippen LogP contribution < -0.4 is 5.32 Å². The zero-order chi connectivity index (χ0) is 23.4. The van der Waals surface area contributed by atoms with Crippen molar-refractivity contribution in [3.63, 3.8) is 0 Å². The second-order valence-corrected chi connectivity index (χ2v) is 11.9. The topological polar surface area (TPSA) is 86.8 Å². The molecule has 0 aromatic heterocycles. The van der Waals surface area contributed by atoms with Crippen molar-refractivity contribution in [3.05, 3.63) is 35.6 Å². The van der Waals surface area contributed by atoms with E-state index in [0.717, 1.165) is 38.5 Å². The molecule has 2 saturated heterocycles. The molecular weight excluding hydrogens is 445 g/mol. The number of sulfone groups is 1. The van der Waals surface area contributed by atoms with Gasteiger partial charge in [-0.1, -0.05) is 19.3 Å². The summed E-state index contributed by atoms with van der Waals surface area (Å²) >= 11 is 0. The average Bonchev–Trinajstić information content (AvgIpc) is 3.15. The monoisotopic (exact) mass is 479 g/mol. The van der Waals surface area contributed by atoms with Gasteiger partial charge in [0.15, 0.2) is 9.84 Å². The summed E-state index contributed by atoms with van der Waals surface area (Å²) in [5.74, 6) is -0.282. The lowest BCUT2D eigenvalue weighted by molar-refractivity contribution is -0.138. The van der Waals surface area contributed by atoms with Crippen LogP contribution >= 0.6 is 0 Å². The van der Waals surface area contributed by atoms with E-state index in [1.165, 1.54) is 30.7 Å². The van der Waals surface area contributed by atoms with Gasteiger partial charge in [0.1, 0.15) is 5.82 Å². The molecular formula is C24H34FN3O4S. The predicted octanol–water partition coefficient (Wildman–Crippen LogP) is 2.37. The SMILES string of the molecule is O=C(NC1CCN(CC(=O)N(C2CCCCC2)C2CCS(=O)(=O)C2)CC1)c1ccc(F)cc1. The first kappa shape index (κ1) is 24.1. The summed E-state index contributed by atoms with van der Waals surface area (Å²) in [7, 11) is -3.06. The normalized spacial score (nSPS) is 24.5. The number of nitrogens with zero attached hydrogens (tertiary/aromatic N) is 2. The molecule has 182 valence electrons. The zero-order valence-corrected chi connectivity index (χ0v) is 19.9. The second-order valence-electron chi connectivity index (χ2n) is 9.68. The minimum Gasteiger partial charge on any atom is -0.349 e. The molecule has 1 N–H and O–H groups in total. The number of rotatable bonds is 6. The Bertz CT molecular complexity index is 939. The standard InChI is InChI=1S/C24H34FN3O4S/c25-19-8-6-18(7-9-19)24(30)26-20-10-13-27(14-11-20)16-23(29)28(21-4-2-1-3-5-21)22-12-15-33(31,32)17-22/h6-9,20-22H,1-5,10-17H2,(H,26,30). The van der Waals surface area contributed by atoms with Gasteiger partial charge in [-0.2, -0.15) is 0 Å². The Labute approximate surface area is 195 Å². The molecule has 2 heterocycles. The number of likely N-dealkylation sites (tertiary alicyclic amines) is 1. The zero-order valence-electron chi connectivity index (χ0n) is 19.0. The van der Waals surface area contributed by atoms with Crippen molar-refractivity contribution < 1.29 is 22.4 Å². The molecule has 1 aromatic rings. The molecule has 0 radical (unpaired) electrons. The first-order valence-corrected chi connectivity index (χ1v) is 13.9. The van der Waals surface area contributed by atoms with Crippen LogP contribution in [-0.2, 0) is 14.6 Å². The van der Waals surface area contributed by atoms with E-state index < -0.39 is 9.84 Å². The molecule has 0 bridgehead atoms. The molecule has 3 fully saturated rings. The quantitative estimate of drug-likeness (QED) is 0.677. The van der Waals surface area contributed by atoms with E-state index in [2.05, 4.69) is 10.2 Å². The van der Waals surface area contributed by atoms with Crippen LogP contribution in [0.4, 0.5) is 4.39 Å². The molecule has 1 aromatic carbocycles. The van der Waals surface area contributed by atoms with Crippen molar-refractivity contribution in [2.75, 3.05) is 31.1 Å². The summed E-state index contributed by atoms with van der Waals surface area (Å²) in [5.41, 5.74) is 0.434. The van der Waals surface area contributed by atoms with Crippen LogP contribution in [-0.4, -0.2) is 79.3 Å². The molecule has 33 heavy (non-hydrogen) atoms. The van der Waals surface area contributed by atoms with E-state index >= 15 is 0 Å². The van der Waals surface area contributed by atoms with Crippen LogP contribution in [0.1, 0.15) is 61.7 Å². The number of carbonyl (C=O) groups excluding carboxylic acids is 2. The molecule has 2 amide bonds. The van der Waals surface area contributed by atoms with E-state index in [1.54, 1.807) is 0 Å². The van der Waals surface area contributed by atoms with Gasteiger partial charge in [-0.05, 0) is 56.4 Å². The number of hydrogen-bond acceptors (Lipinski definition) is 5. The Morgan fingerprint density at radius 2 is 1.64 bits per heavy atom. The average molecular weight is 480 g/mol. The van der Waals surface area contributed by atoms with Gasteiger partial charge in [0.2, 0.25) is 5.91 Å². The summed E-state index contributed by atoms with van der Waals surface area (Å²) in [6, 6.07) is 5.47. The molecule has 1 saturated carbocycles. The smallest absolute Gasteiger partial charge is 0.251 e. The number of nitrogens with one attached hydrogen (secondary N) is 1. The van der Waals surface area contributed by atoms with Gasteiger partial charge in [0, 0.05) is 36.8 Å². The summed E-state index contributed by atoms with van der Waals surface area (Å²) in [6.07, 6.45) is 7.29. The molecule has 3 aliphatic rings. The van der Waals surface area contributed by atoms with Crippen molar-refractivity contribution in [1.82, 2.24) is 15.1 Å². The van der Waals surface area contributed by atoms with E-state index in [0.29, 0.717) is 31.6 Å². The number of amides is 2. The predicted molar refractivity (Wildman–Crippen MR) is 124 cm³/mol. The molecule has 7 nitrogen and oxygen atoms in total. The Morgan fingerprint density at radius 1 is 0.970 bits per heavy atom. The first-order chi connectivity index (χ1) is 15.8. The summed E-state index contributed by atoms with van der Waals surface area (Å²) in [4.78, 5) is 29.8. The maximum Gasteiger partial charge on any atom is 0.251 e. The summed E-state index contributed by atoms with van der Waals surface area (Å²) in [5, 5.41) is 3.01. The molecule has 4 rings (SSSR count). The molecule has 1 aliphatic carbocycles. The Hall–Kier alpha value is -2.00. The Kier molecular flexibility index (Phi) is 7.69. The van der Waals surface area contributed by atoms with E-state index in [-0.39, 0.29) is 47.3 Å². The van der Waals surface area contributed by atoms with Crippen molar-refractivity contribution in [3.8, 4) is 0 Å². The van der Waals surface area contributed by atoms with Crippen LogP contribution in [0.5, 0.6) is 0 Å². The van der Waals surface area contributed by atoms with Crippen LogP contribution in [0.25, 0.3) is 0 Å². The van der Waals surface area contributed by atoms with Gasteiger partial charge in [-0.15, -0.1) is 0 Å². The Balaban J connectivity index is 1.31. The highest BCUT2D eigenvalue weighted by atomic mass is 32.2. The minimum absolute atomic E-state index is 0.0170. The fraction of sp³-hybridized carbons (Fsp3) is 0.667. The van der Waals surface area contributed by atoms with Gasteiger partial charge in [-0.3, -0.25) is 14.5 Å². The van der Waals surface area contributed by atoms with Crippen molar-refractivity contribution in [2.45, 2.75) is 69.5 Å². The number of benzene rings is 1. The lowest BCUT2D eigenvalue weighted by Crippen LogP contribution is -2.53. The molecule has 0 spiro atoms. The summed E-state index contributed by atoms with van der Waals surface area (Å²) < 4.78 is 37.2. The van der Waals surface area contributed by atoms with E-state index in [4.69, 9.17) is 0 Å². The number of halogens is 1. The maximum atomic E-state index is 13.4. The van der Waals surface area contributed by atoms with Crippen molar-refractivity contribution >= 4 is 21.7 Å². The number of carbonyl (C=O) groups is 2. The van der Waals surface area contributed by atoms with Crippen LogP contribution in [0.2, 0.25) is 0 Å². The third-order valence-electron chi connectivity index (χ3n) is 7.25. The highest BCUT2D eigenvalue weighted by molar-refractivity contribution is 7.91. The fourth-order valence-electron chi connectivity index (χ4n) is 5.44. The van der Waals surface area contributed by atoms with Crippen LogP contribution in [0.3, 0.4) is 0 Å². The van der Waals surface area contributed by atoms with Gasteiger partial charge < -0.3 is 10.2 Å². The first-order valence-electron chi connectivity index (χ1n) is 12.1. The lowest BCUT2D eigenvalue weighted by atomic mass is 9.92. The van der Waals surface area contributed by atoms with Gasteiger partial charge >= 0.3 is 0 Å². The van der Waals surface area contributed by atoms with Gasteiger partial charge in [-0.25, -0.2) is 12.8 Å². The van der Waals surface area contributed by atoms with Crippen molar-refractivity contribution in [2.24, 2.45) is 0 Å². The largest absolute Gasteiger partial charge is 0.349 e. The van der Waals surface area contributed by atoms with E-state index in [9.17, 15) is 22.4 Å². The molecule has 1 atom stereocenters. The minimum atomic E-state index is -3.06.